The van der Waals surface area contributed by atoms with Gasteiger partial charge in [-0.1, -0.05) is 19.4 Å². The van der Waals surface area contributed by atoms with Crippen molar-refractivity contribution in [3.05, 3.63) is 71.3 Å². The van der Waals surface area contributed by atoms with Gasteiger partial charge in [0.05, 0.1) is 41.0 Å². The summed E-state index contributed by atoms with van der Waals surface area (Å²) in [5, 5.41) is 10.7. The molecule has 3 aromatic heterocycles. The standard InChI is InChI=1S/C32H30N6O3/c1-2-20-6-9-35(10-7-20)32(41)37-12-11-36-19-24(23-14-21(16-33)13-22(18-37)31(23)36)29-26(39)15-27(40)30(29)25-17-34-28-5-3-4-8-38(25)28/h3-5,8,13-14,17,19-20H,2,6-7,9-12,15,18H2,1H3. The van der Waals surface area contributed by atoms with Gasteiger partial charge in [0.2, 0.25) is 0 Å². The number of aromatic nitrogens is 3. The summed E-state index contributed by atoms with van der Waals surface area (Å²) in [5.41, 5.74) is 4.88. The number of amides is 2. The summed E-state index contributed by atoms with van der Waals surface area (Å²) >= 11 is 0. The predicted octanol–water partition coefficient (Wildman–Crippen LogP) is 4.67. The quantitative estimate of drug-likeness (QED) is 0.348. The number of nitrogens with zero attached hydrogens (tertiary/aromatic N) is 6. The Morgan fingerprint density at radius 1 is 1.05 bits per heavy atom. The number of hydrogen-bond donors (Lipinski definition) is 0. The Hall–Kier alpha value is -4.71. The third kappa shape index (κ3) is 4.05. The van der Waals surface area contributed by atoms with Crippen molar-refractivity contribution in [1.82, 2.24) is 23.8 Å². The van der Waals surface area contributed by atoms with Gasteiger partial charge < -0.3 is 14.4 Å². The Labute approximate surface area is 237 Å². The summed E-state index contributed by atoms with van der Waals surface area (Å²) in [4.78, 5) is 48.5. The molecule has 206 valence electrons. The number of fused-ring (bicyclic) bond motifs is 1. The highest BCUT2D eigenvalue weighted by atomic mass is 16.2. The number of ketones is 2. The molecule has 1 aliphatic carbocycles. The number of benzene rings is 1. The van der Waals surface area contributed by atoms with Gasteiger partial charge in [-0.05, 0) is 48.6 Å². The maximum atomic E-state index is 13.6. The monoisotopic (exact) mass is 546 g/mol. The van der Waals surface area contributed by atoms with Crippen LogP contribution in [0.5, 0.6) is 0 Å². The lowest BCUT2D eigenvalue weighted by molar-refractivity contribution is -0.119. The highest BCUT2D eigenvalue weighted by Gasteiger charge is 2.36. The number of imidazole rings is 1. The van der Waals surface area contributed by atoms with Crippen LogP contribution in [0.15, 0.2) is 48.9 Å². The molecule has 3 aliphatic rings. The van der Waals surface area contributed by atoms with Crippen LogP contribution in [-0.4, -0.2) is 61.0 Å². The van der Waals surface area contributed by atoms with Crippen LogP contribution in [0.2, 0.25) is 0 Å². The molecule has 9 heteroatoms. The molecule has 4 aromatic rings. The first kappa shape index (κ1) is 25.3. The van der Waals surface area contributed by atoms with Crippen LogP contribution in [0.25, 0.3) is 27.7 Å². The molecule has 0 atom stereocenters. The molecule has 0 N–H and O–H groups in total. The molecule has 2 aliphatic heterocycles. The zero-order valence-corrected chi connectivity index (χ0v) is 23.0. The molecule has 0 radical (unpaired) electrons. The molecule has 1 aromatic carbocycles. The van der Waals surface area contributed by atoms with Crippen LogP contribution in [0.4, 0.5) is 4.79 Å². The van der Waals surface area contributed by atoms with Crippen molar-refractivity contribution in [2.24, 2.45) is 5.92 Å². The second kappa shape index (κ2) is 9.73. The molecule has 0 bridgehead atoms. The van der Waals surface area contributed by atoms with E-state index in [2.05, 4.69) is 22.5 Å². The normalized spacial score (nSPS) is 18.0. The highest BCUT2D eigenvalue weighted by molar-refractivity contribution is 6.51. The van der Waals surface area contributed by atoms with E-state index in [1.54, 1.807) is 12.3 Å². The van der Waals surface area contributed by atoms with Crippen molar-refractivity contribution in [1.29, 1.82) is 5.26 Å². The zero-order valence-electron chi connectivity index (χ0n) is 23.0. The van der Waals surface area contributed by atoms with E-state index in [1.165, 1.54) is 0 Å². The Morgan fingerprint density at radius 3 is 2.63 bits per heavy atom. The highest BCUT2D eigenvalue weighted by Crippen LogP contribution is 2.41. The van der Waals surface area contributed by atoms with E-state index in [0.29, 0.717) is 59.2 Å². The third-order valence-electron chi connectivity index (χ3n) is 8.96. The van der Waals surface area contributed by atoms with Gasteiger partial charge in [-0.25, -0.2) is 9.78 Å². The van der Waals surface area contributed by atoms with Crippen LogP contribution in [0.3, 0.4) is 0 Å². The number of urea groups is 1. The van der Waals surface area contributed by atoms with Crippen molar-refractivity contribution in [3.8, 4) is 6.07 Å². The maximum Gasteiger partial charge on any atom is 0.320 e. The smallest absolute Gasteiger partial charge is 0.320 e. The lowest BCUT2D eigenvalue weighted by atomic mass is 9.94. The molecule has 41 heavy (non-hydrogen) atoms. The third-order valence-corrected chi connectivity index (χ3v) is 8.96. The molecule has 9 nitrogen and oxygen atoms in total. The Bertz CT molecular complexity index is 1830. The van der Waals surface area contributed by atoms with Crippen molar-refractivity contribution in [3.63, 3.8) is 0 Å². The average molecular weight is 547 g/mol. The first-order chi connectivity index (χ1) is 20.0. The van der Waals surface area contributed by atoms with Gasteiger partial charge in [0.1, 0.15) is 5.65 Å². The van der Waals surface area contributed by atoms with Crippen LogP contribution < -0.4 is 0 Å². The number of rotatable bonds is 3. The van der Waals surface area contributed by atoms with Crippen molar-refractivity contribution in [2.75, 3.05) is 19.6 Å². The Morgan fingerprint density at radius 2 is 1.85 bits per heavy atom. The second-order valence-corrected chi connectivity index (χ2v) is 11.3. The molecular formula is C32H30N6O3. The largest absolute Gasteiger partial charge is 0.345 e. The number of likely N-dealkylation sites (tertiary alicyclic amines) is 1. The summed E-state index contributed by atoms with van der Waals surface area (Å²) in [7, 11) is 0. The van der Waals surface area contributed by atoms with Crippen LogP contribution in [0, 0.1) is 17.2 Å². The fourth-order valence-electron chi connectivity index (χ4n) is 6.77. The molecule has 0 unspecified atom stereocenters. The minimum atomic E-state index is -0.233. The van der Waals surface area contributed by atoms with E-state index in [4.69, 9.17) is 0 Å². The van der Waals surface area contributed by atoms with E-state index >= 15 is 0 Å². The fraction of sp³-hybridized carbons (Fsp3) is 0.344. The van der Waals surface area contributed by atoms with E-state index in [9.17, 15) is 19.6 Å². The van der Waals surface area contributed by atoms with Gasteiger partial charge in [0.25, 0.3) is 0 Å². The molecule has 1 fully saturated rings. The SMILES string of the molecule is CCC1CCN(C(=O)N2CCn3cc(C4=C(c5cnc6ccccn56)C(=O)CC4=O)c4cc(C#N)cc(c43)C2)CC1. The minimum Gasteiger partial charge on any atom is -0.345 e. The number of carbonyl (C=O) groups excluding carboxylic acids is 3. The molecule has 2 amide bonds. The molecule has 7 rings (SSSR count). The lowest BCUT2D eigenvalue weighted by Crippen LogP contribution is -2.46. The Kier molecular flexibility index (Phi) is 6.00. The Balaban J connectivity index is 1.33. The maximum absolute atomic E-state index is 13.6. The first-order valence-electron chi connectivity index (χ1n) is 14.3. The van der Waals surface area contributed by atoms with Crippen LogP contribution in [0.1, 0.15) is 55.0 Å². The minimum absolute atomic E-state index is 0.0372. The van der Waals surface area contributed by atoms with E-state index in [-0.39, 0.29) is 24.0 Å². The van der Waals surface area contributed by atoms with E-state index in [0.717, 1.165) is 48.8 Å². The summed E-state index contributed by atoms with van der Waals surface area (Å²) in [6, 6.07) is 11.5. The van der Waals surface area contributed by atoms with E-state index < -0.39 is 0 Å². The summed E-state index contributed by atoms with van der Waals surface area (Å²) in [5.74, 6) is 0.214. The number of piperidine rings is 1. The van der Waals surface area contributed by atoms with Gasteiger partial charge in [-0.15, -0.1) is 0 Å². The lowest BCUT2D eigenvalue weighted by Gasteiger charge is -2.35. The average Bonchev–Trinajstić information content (AvgIpc) is 3.62. The van der Waals surface area contributed by atoms with Crippen LogP contribution in [-0.2, 0) is 22.7 Å². The summed E-state index contributed by atoms with van der Waals surface area (Å²) in [6.07, 6.45) is 8.41. The van der Waals surface area contributed by atoms with Crippen molar-refractivity contribution in [2.45, 2.75) is 45.7 Å². The van der Waals surface area contributed by atoms with E-state index in [1.807, 2.05) is 50.9 Å². The predicted molar refractivity (Wildman–Crippen MR) is 154 cm³/mol. The van der Waals surface area contributed by atoms with Gasteiger partial charge in [-0.2, -0.15) is 5.26 Å². The number of allylic oxidation sites excluding steroid dienone is 2. The molecule has 0 saturated carbocycles. The molecule has 1 saturated heterocycles. The number of nitriles is 1. The summed E-state index contributed by atoms with van der Waals surface area (Å²) in [6.45, 7) is 5.20. The van der Waals surface area contributed by atoms with Gasteiger partial charge in [-0.3, -0.25) is 14.0 Å². The topological polar surface area (TPSA) is 104 Å². The number of Topliss-reactive ketones (excluding diaryl/α,β-unsaturated/α-hetero) is 2. The van der Waals surface area contributed by atoms with Crippen LogP contribution >= 0.6 is 0 Å². The van der Waals surface area contributed by atoms with Gasteiger partial charge in [0.15, 0.2) is 11.6 Å². The van der Waals surface area contributed by atoms with Gasteiger partial charge in [0, 0.05) is 61.6 Å². The molecular weight excluding hydrogens is 516 g/mol. The first-order valence-corrected chi connectivity index (χ1v) is 14.3. The zero-order chi connectivity index (χ0) is 28.2. The molecule has 0 spiro atoms. The molecule has 5 heterocycles. The number of hydrogen-bond acceptors (Lipinski definition) is 5. The van der Waals surface area contributed by atoms with Crippen molar-refractivity contribution >= 4 is 45.3 Å². The van der Waals surface area contributed by atoms with Gasteiger partial charge >= 0.3 is 6.03 Å². The number of pyridine rings is 1. The van der Waals surface area contributed by atoms with Crippen molar-refractivity contribution < 1.29 is 14.4 Å². The second-order valence-electron chi connectivity index (χ2n) is 11.3. The number of carbonyl (C=O) groups is 3. The summed E-state index contributed by atoms with van der Waals surface area (Å²) < 4.78 is 3.90. The fourth-order valence-corrected chi connectivity index (χ4v) is 6.77.